The number of hydrogen-bond donors (Lipinski definition) is 2. The molecule has 4 aromatic rings. The standard InChI is InChI=1S/C41H47N7O10S/c1-5-17-57-41(53)48-29-22-30(24(2)20-26(29)37(51)47-16-8-6-11-28(47)38(48)58-34-13-7-9-18-56-34)55-19-10-12-33(49)43-32-23-46(3)35(44-32)36(50)45-40-42-27-21-25(39(52)54-4)14-15-31(27)59-40/h5,14-15,20-23,28,34,38H,1,6-13,16-19H2,2-4H3,(H,43,49)(H,42,45,50)/t28-,34?,38?/m0/s1. The van der Waals surface area contributed by atoms with E-state index in [1.165, 1.54) is 40.2 Å². The number of aryl methyl sites for hydroxylation is 2. The summed E-state index contributed by atoms with van der Waals surface area (Å²) in [6, 6.07) is 7.92. The molecule has 312 valence electrons. The molecule has 5 heterocycles. The zero-order valence-electron chi connectivity index (χ0n) is 33.2. The smallest absolute Gasteiger partial charge is 0.416 e. The van der Waals surface area contributed by atoms with Gasteiger partial charge in [-0.3, -0.25) is 19.7 Å². The highest BCUT2D eigenvalue weighted by Crippen LogP contribution is 2.40. The van der Waals surface area contributed by atoms with E-state index in [1.54, 1.807) is 42.3 Å². The van der Waals surface area contributed by atoms with Crippen LogP contribution in [0.3, 0.4) is 0 Å². The van der Waals surface area contributed by atoms with Crippen LogP contribution in [0.15, 0.2) is 49.2 Å². The fourth-order valence-electron chi connectivity index (χ4n) is 7.44. The monoisotopic (exact) mass is 829 g/mol. The zero-order valence-corrected chi connectivity index (χ0v) is 34.0. The van der Waals surface area contributed by atoms with E-state index >= 15 is 0 Å². The summed E-state index contributed by atoms with van der Waals surface area (Å²) in [5, 5.41) is 5.78. The van der Waals surface area contributed by atoms with E-state index in [4.69, 9.17) is 23.7 Å². The first-order valence-electron chi connectivity index (χ1n) is 19.6. The Labute approximate surface area is 344 Å². The highest BCUT2D eigenvalue weighted by atomic mass is 32.1. The molecule has 0 spiro atoms. The van der Waals surface area contributed by atoms with Crippen molar-refractivity contribution in [3.8, 4) is 5.75 Å². The minimum absolute atomic E-state index is 0.0321. The van der Waals surface area contributed by atoms with Crippen molar-refractivity contribution in [2.45, 2.75) is 76.9 Å². The Hall–Kier alpha value is -5.85. The molecule has 3 atom stereocenters. The molecule has 2 aromatic heterocycles. The van der Waals surface area contributed by atoms with Gasteiger partial charge in [-0.2, -0.15) is 0 Å². The van der Waals surface area contributed by atoms with Gasteiger partial charge in [0.1, 0.15) is 12.4 Å². The maximum Gasteiger partial charge on any atom is 0.416 e. The van der Waals surface area contributed by atoms with Crippen molar-refractivity contribution in [3.05, 3.63) is 71.7 Å². The highest BCUT2D eigenvalue weighted by Gasteiger charge is 2.46. The number of nitrogens with zero attached hydrogens (tertiary/aromatic N) is 5. The van der Waals surface area contributed by atoms with Crippen molar-refractivity contribution in [2.75, 3.05) is 49.0 Å². The van der Waals surface area contributed by atoms with Gasteiger partial charge >= 0.3 is 12.1 Å². The van der Waals surface area contributed by atoms with Gasteiger partial charge in [-0.1, -0.05) is 24.0 Å². The molecule has 18 heteroatoms. The quantitative estimate of drug-likeness (QED) is 0.0885. The van der Waals surface area contributed by atoms with Gasteiger partial charge in [-0.05, 0) is 81.7 Å². The molecule has 0 bridgehead atoms. The average molecular weight is 830 g/mol. The van der Waals surface area contributed by atoms with Crippen LogP contribution in [-0.4, -0.2) is 101 Å². The Morgan fingerprint density at radius 3 is 2.68 bits per heavy atom. The number of amides is 4. The van der Waals surface area contributed by atoms with Crippen LogP contribution >= 0.6 is 11.3 Å². The lowest BCUT2D eigenvalue weighted by Gasteiger charge is -2.42. The molecular formula is C41H47N7O10S. The summed E-state index contributed by atoms with van der Waals surface area (Å²) in [6.45, 7) is 6.70. The lowest BCUT2D eigenvalue weighted by Crippen LogP contribution is -2.57. The predicted molar refractivity (Wildman–Crippen MR) is 218 cm³/mol. The second-order valence-corrected chi connectivity index (χ2v) is 15.5. The SMILES string of the molecule is C=CCOC(=O)N1c2cc(OCCCC(=O)Nc3cn(C)c(C(=O)Nc4nc5cc(C(=O)OC)ccc5s4)n3)c(C)cc2C(=O)N2CCCC[C@H]2C1OC1CCCCO1. The maximum absolute atomic E-state index is 14.2. The molecule has 4 amide bonds. The van der Waals surface area contributed by atoms with E-state index in [9.17, 15) is 24.0 Å². The largest absolute Gasteiger partial charge is 0.493 e. The molecular weight excluding hydrogens is 783 g/mol. The Morgan fingerprint density at radius 2 is 1.90 bits per heavy atom. The molecule has 0 radical (unpaired) electrons. The van der Waals surface area contributed by atoms with Gasteiger partial charge in [0.15, 0.2) is 23.5 Å². The molecule has 2 saturated heterocycles. The minimum atomic E-state index is -0.867. The lowest BCUT2D eigenvalue weighted by atomic mass is 10.00. The normalized spacial score (nSPS) is 19.0. The van der Waals surface area contributed by atoms with Crippen LogP contribution in [-0.2, 0) is 30.8 Å². The van der Waals surface area contributed by atoms with Crippen LogP contribution in [0.1, 0.15) is 88.3 Å². The first-order valence-corrected chi connectivity index (χ1v) is 20.4. The molecule has 3 aliphatic heterocycles. The molecule has 2 N–H and O–H groups in total. The van der Waals surface area contributed by atoms with Crippen LogP contribution in [0.5, 0.6) is 5.75 Å². The van der Waals surface area contributed by atoms with Crippen LogP contribution in [0.4, 0.5) is 21.4 Å². The van der Waals surface area contributed by atoms with Gasteiger partial charge in [-0.15, -0.1) is 0 Å². The van der Waals surface area contributed by atoms with Gasteiger partial charge in [0.25, 0.3) is 11.8 Å². The molecule has 2 unspecified atom stereocenters. The van der Waals surface area contributed by atoms with Gasteiger partial charge in [0.05, 0.1) is 46.8 Å². The first kappa shape index (κ1) is 41.3. The number of benzene rings is 2. The number of thiazole rings is 1. The molecule has 0 saturated carbocycles. The summed E-state index contributed by atoms with van der Waals surface area (Å²) in [5.41, 5.74) is 2.20. The van der Waals surface area contributed by atoms with E-state index < -0.39 is 36.5 Å². The van der Waals surface area contributed by atoms with Crippen molar-refractivity contribution in [1.29, 1.82) is 0 Å². The zero-order chi connectivity index (χ0) is 41.6. The number of imidazole rings is 1. The number of ether oxygens (including phenoxy) is 5. The number of nitrogens with one attached hydrogen (secondary N) is 2. The van der Waals surface area contributed by atoms with E-state index in [0.29, 0.717) is 71.2 Å². The molecule has 2 fully saturated rings. The average Bonchev–Trinajstić information content (AvgIpc) is 3.80. The summed E-state index contributed by atoms with van der Waals surface area (Å²) in [6.07, 6.45) is 6.19. The van der Waals surface area contributed by atoms with Crippen LogP contribution in [0, 0.1) is 6.92 Å². The Balaban J connectivity index is 1.00. The topological polar surface area (TPSA) is 193 Å². The van der Waals surface area contributed by atoms with Gasteiger partial charge < -0.3 is 38.5 Å². The third-order valence-corrected chi connectivity index (χ3v) is 11.3. The highest BCUT2D eigenvalue weighted by molar-refractivity contribution is 7.22. The molecule has 3 aliphatic rings. The van der Waals surface area contributed by atoms with E-state index in [1.807, 2.05) is 6.92 Å². The lowest BCUT2D eigenvalue weighted by molar-refractivity contribution is -0.198. The summed E-state index contributed by atoms with van der Waals surface area (Å²) >= 11 is 1.24. The number of fused-ring (bicyclic) bond motifs is 3. The van der Waals surface area contributed by atoms with Crippen LogP contribution < -0.4 is 20.3 Å². The summed E-state index contributed by atoms with van der Waals surface area (Å²) in [5.74, 6) is -0.885. The molecule has 17 nitrogen and oxygen atoms in total. The molecule has 59 heavy (non-hydrogen) atoms. The third kappa shape index (κ3) is 9.24. The van der Waals surface area contributed by atoms with Crippen molar-refractivity contribution in [2.24, 2.45) is 7.05 Å². The Bertz CT molecular complexity index is 2250. The summed E-state index contributed by atoms with van der Waals surface area (Å²) in [4.78, 5) is 78.0. The van der Waals surface area contributed by atoms with Gasteiger partial charge in [0.2, 0.25) is 11.7 Å². The number of aromatic nitrogens is 3. The van der Waals surface area contributed by atoms with E-state index in [0.717, 1.165) is 30.4 Å². The number of carbonyl (C=O) groups excluding carboxylic acids is 5. The number of piperidine rings is 1. The number of methoxy groups -OCH3 is 1. The van der Waals surface area contributed by atoms with E-state index in [2.05, 4.69) is 27.2 Å². The van der Waals surface area contributed by atoms with Gasteiger partial charge in [-0.25, -0.2) is 24.5 Å². The summed E-state index contributed by atoms with van der Waals surface area (Å²) < 4.78 is 31.3. The van der Waals surface area contributed by atoms with Gasteiger partial charge in [0, 0.05) is 38.9 Å². The van der Waals surface area contributed by atoms with Crippen molar-refractivity contribution in [3.63, 3.8) is 0 Å². The second-order valence-electron chi connectivity index (χ2n) is 14.5. The number of carbonyl (C=O) groups is 5. The Kier molecular flexibility index (Phi) is 12.9. The number of esters is 1. The third-order valence-electron chi connectivity index (χ3n) is 10.3. The maximum atomic E-state index is 14.2. The number of anilines is 3. The fraction of sp³-hybridized carbons (Fsp3) is 0.439. The van der Waals surface area contributed by atoms with Crippen molar-refractivity contribution in [1.82, 2.24) is 19.4 Å². The predicted octanol–water partition coefficient (Wildman–Crippen LogP) is 6.18. The minimum Gasteiger partial charge on any atom is -0.493 e. The molecule has 0 aliphatic carbocycles. The van der Waals surface area contributed by atoms with Crippen molar-refractivity contribution >= 4 is 68.0 Å². The van der Waals surface area contributed by atoms with Crippen LogP contribution in [0.25, 0.3) is 10.2 Å². The first-order chi connectivity index (χ1) is 28.5. The number of hydrogen-bond acceptors (Lipinski definition) is 13. The van der Waals surface area contributed by atoms with E-state index in [-0.39, 0.29) is 43.1 Å². The molecule has 7 rings (SSSR count). The number of rotatable bonds is 13. The fourth-order valence-corrected chi connectivity index (χ4v) is 8.28. The van der Waals surface area contributed by atoms with Crippen LogP contribution in [0.2, 0.25) is 0 Å². The second kappa shape index (κ2) is 18.4. The van der Waals surface area contributed by atoms with Crippen molar-refractivity contribution < 1.29 is 47.7 Å². The Morgan fingerprint density at radius 1 is 1.07 bits per heavy atom. The summed E-state index contributed by atoms with van der Waals surface area (Å²) in [7, 11) is 2.93. The molecule has 2 aromatic carbocycles.